The van der Waals surface area contributed by atoms with Gasteiger partial charge in [0.2, 0.25) is 15.9 Å². The Balaban J connectivity index is 1.56. The summed E-state index contributed by atoms with van der Waals surface area (Å²) in [6, 6.07) is 8.47. The summed E-state index contributed by atoms with van der Waals surface area (Å²) in [6.45, 7) is 1.65. The first-order valence-electron chi connectivity index (χ1n) is 8.49. The lowest BCUT2D eigenvalue weighted by Gasteiger charge is -2.16. The van der Waals surface area contributed by atoms with E-state index in [1.807, 2.05) is 0 Å². The fraction of sp³-hybridized carbons (Fsp3) is 0.353. The maximum atomic E-state index is 12.5. The molecular weight excluding hydrogens is 386 g/mol. The van der Waals surface area contributed by atoms with E-state index in [1.165, 1.54) is 17.7 Å². The topological polar surface area (TPSA) is 96.5 Å². The van der Waals surface area contributed by atoms with Crippen LogP contribution in [0.2, 0.25) is 0 Å². The van der Waals surface area contributed by atoms with E-state index in [-0.39, 0.29) is 0 Å². The zero-order valence-electron chi connectivity index (χ0n) is 14.9. The molecule has 0 unspecified atom stereocenters. The van der Waals surface area contributed by atoms with Crippen LogP contribution >= 0.6 is 12.2 Å². The third kappa shape index (κ3) is 4.90. The van der Waals surface area contributed by atoms with Crippen molar-refractivity contribution in [2.24, 2.45) is 0 Å². The molecule has 0 atom stereocenters. The lowest BCUT2D eigenvalue weighted by Crippen LogP contribution is -2.29. The molecule has 0 bridgehead atoms. The van der Waals surface area contributed by atoms with Gasteiger partial charge in [0.05, 0.1) is 12.0 Å². The molecule has 0 spiro atoms. The summed E-state index contributed by atoms with van der Waals surface area (Å²) in [5.41, 5.74) is 0.916. The van der Waals surface area contributed by atoms with Gasteiger partial charge in [0, 0.05) is 25.7 Å². The van der Waals surface area contributed by atoms with Gasteiger partial charge in [0.1, 0.15) is 12.1 Å². The van der Waals surface area contributed by atoms with Crippen molar-refractivity contribution in [3.63, 3.8) is 0 Å². The molecule has 10 heteroatoms. The Bertz CT molecular complexity index is 897. The van der Waals surface area contributed by atoms with Crippen molar-refractivity contribution in [3.05, 3.63) is 42.2 Å². The Hall–Kier alpha value is -2.30. The van der Waals surface area contributed by atoms with Gasteiger partial charge in [-0.1, -0.05) is 12.1 Å². The normalized spacial score (nSPS) is 14.7. The molecule has 27 heavy (non-hydrogen) atoms. The Morgan fingerprint density at radius 3 is 2.59 bits per heavy atom. The van der Waals surface area contributed by atoms with Gasteiger partial charge >= 0.3 is 0 Å². The molecule has 0 amide bonds. The fourth-order valence-corrected chi connectivity index (χ4v) is 4.41. The van der Waals surface area contributed by atoms with Crippen LogP contribution in [0.25, 0.3) is 0 Å². The first-order valence-corrected chi connectivity index (χ1v) is 10.3. The van der Waals surface area contributed by atoms with Gasteiger partial charge in [0.15, 0.2) is 5.11 Å². The summed E-state index contributed by atoms with van der Waals surface area (Å²) < 4.78 is 31.6. The second-order valence-corrected chi connectivity index (χ2v) is 8.35. The highest BCUT2D eigenvalue weighted by Gasteiger charge is 2.26. The molecule has 1 aromatic carbocycles. The van der Waals surface area contributed by atoms with Gasteiger partial charge in [-0.3, -0.25) is 0 Å². The number of nitrogens with zero attached hydrogens (tertiary/aromatic N) is 3. The summed E-state index contributed by atoms with van der Waals surface area (Å²) in [6.07, 6.45) is 3.22. The smallest absolute Gasteiger partial charge is 0.243 e. The molecule has 0 aliphatic carbocycles. The summed E-state index contributed by atoms with van der Waals surface area (Å²) in [5.74, 6) is 0.955. The molecule has 2 aromatic rings. The van der Waals surface area contributed by atoms with Crippen molar-refractivity contribution in [2.75, 3.05) is 25.5 Å². The fourth-order valence-electron chi connectivity index (χ4n) is 2.72. The van der Waals surface area contributed by atoms with Gasteiger partial charge in [-0.05, 0) is 42.8 Å². The van der Waals surface area contributed by atoms with Gasteiger partial charge in [-0.2, -0.15) is 4.31 Å². The second kappa shape index (κ2) is 8.59. The summed E-state index contributed by atoms with van der Waals surface area (Å²) in [7, 11) is -1.86. The summed E-state index contributed by atoms with van der Waals surface area (Å²) in [5, 5.41) is 6.40. The molecule has 0 radical (unpaired) electrons. The second-order valence-electron chi connectivity index (χ2n) is 6.01. The number of thiocarbonyl (C=S) groups is 1. The number of anilines is 1. The number of methoxy groups -OCH3 is 1. The molecule has 1 aliphatic rings. The van der Waals surface area contributed by atoms with Crippen LogP contribution in [-0.4, -0.2) is 48.0 Å². The predicted molar refractivity (Wildman–Crippen MR) is 106 cm³/mol. The maximum Gasteiger partial charge on any atom is 0.243 e. The van der Waals surface area contributed by atoms with Gasteiger partial charge in [-0.15, -0.1) is 0 Å². The van der Waals surface area contributed by atoms with Gasteiger partial charge in [0.25, 0.3) is 0 Å². The molecule has 8 nitrogen and oxygen atoms in total. The molecular formula is C17H21N5O3S2. The van der Waals surface area contributed by atoms with E-state index in [2.05, 4.69) is 20.6 Å². The monoisotopic (exact) mass is 407 g/mol. The molecule has 1 aliphatic heterocycles. The number of benzene rings is 1. The molecule has 2 heterocycles. The molecule has 3 rings (SSSR count). The number of rotatable bonds is 6. The Kier molecular flexibility index (Phi) is 6.19. The highest BCUT2D eigenvalue weighted by atomic mass is 32.2. The van der Waals surface area contributed by atoms with E-state index >= 15 is 0 Å². The van der Waals surface area contributed by atoms with Gasteiger partial charge < -0.3 is 15.4 Å². The zero-order chi connectivity index (χ0) is 19.3. The number of sulfonamides is 1. The standard InChI is InChI=1S/C17H21N5O3S2/c1-25-16-10-15(19-12-20-16)21-17(26)18-11-13-4-6-14(7-5-13)27(23,24)22-8-2-3-9-22/h4-7,10,12H,2-3,8-9,11H2,1H3,(H2,18,19,20,21,26). The van der Waals surface area contributed by atoms with Crippen molar-refractivity contribution in [1.82, 2.24) is 19.6 Å². The minimum absolute atomic E-state index is 0.321. The number of hydrogen-bond acceptors (Lipinski definition) is 6. The van der Waals surface area contributed by atoms with Crippen LogP contribution in [0.5, 0.6) is 5.88 Å². The van der Waals surface area contributed by atoms with E-state index in [9.17, 15) is 8.42 Å². The summed E-state index contributed by atoms with van der Waals surface area (Å²) in [4.78, 5) is 8.30. The molecule has 144 valence electrons. The molecule has 1 saturated heterocycles. The van der Waals surface area contributed by atoms with E-state index in [0.717, 1.165) is 18.4 Å². The molecule has 1 fully saturated rings. The third-order valence-electron chi connectivity index (χ3n) is 4.17. The quantitative estimate of drug-likeness (QED) is 0.700. The number of nitrogens with one attached hydrogen (secondary N) is 2. The minimum Gasteiger partial charge on any atom is -0.481 e. The minimum atomic E-state index is -3.39. The van der Waals surface area contributed by atoms with E-state index in [1.54, 1.807) is 30.3 Å². The highest BCUT2D eigenvalue weighted by molar-refractivity contribution is 7.89. The maximum absolute atomic E-state index is 12.5. The number of ether oxygens (including phenoxy) is 1. The lowest BCUT2D eigenvalue weighted by molar-refractivity contribution is 0.397. The van der Waals surface area contributed by atoms with Gasteiger partial charge in [-0.25, -0.2) is 18.4 Å². The van der Waals surface area contributed by atoms with E-state index < -0.39 is 10.0 Å². The summed E-state index contributed by atoms with van der Waals surface area (Å²) >= 11 is 5.25. The van der Waals surface area contributed by atoms with Crippen LogP contribution in [-0.2, 0) is 16.6 Å². The van der Waals surface area contributed by atoms with Crippen LogP contribution in [0.1, 0.15) is 18.4 Å². The SMILES string of the molecule is COc1cc(NC(=S)NCc2ccc(S(=O)(=O)N3CCCC3)cc2)ncn1. The van der Waals surface area contributed by atoms with Crippen molar-refractivity contribution in [2.45, 2.75) is 24.3 Å². The number of hydrogen-bond donors (Lipinski definition) is 2. The first kappa shape index (κ1) is 19.5. The van der Waals surface area contributed by atoms with Crippen molar-refractivity contribution >= 4 is 33.2 Å². The molecule has 0 saturated carbocycles. The van der Waals surface area contributed by atoms with E-state index in [0.29, 0.717) is 41.3 Å². The van der Waals surface area contributed by atoms with Crippen LogP contribution in [0.4, 0.5) is 5.82 Å². The average Bonchev–Trinajstić information content (AvgIpc) is 3.22. The largest absolute Gasteiger partial charge is 0.481 e. The van der Waals surface area contributed by atoms with Crippen LogP contribution in [0, 0.1) is 0 Å². The predicted octanol–water partition coefficient (Wildman–Crippen LogP) is 1.76. The molecule has 1 aromatic heterocycles. The Labute approximate surface area is 164 Å². The lowest BCUT2D eigenvalue weighted by atomic mass is 10.2. The van der Waals surface area contributed by atoms with Crippen LogP contribution in [0.3, 0.4) is 0 Å². The molecule has 2 N–H and O–H groups in total. The highest BCUT2D eigenvalue weighted by Crippen LogP contribution is 2.21. The van der Waals surface area contributed by atoms with Crippen LogP contribution < -0.4 is 15.4 Å². The number of aromatic nitrogens is 2. The third-order valence-corrected chi connectivity index (χ3v) is 6.33. The van der Waals surface area contributed by atoms with Crippen molar-refractivity contribution in [1.29, 1.82) is 0 Å². The first-order chi connectivity index (χ1) is 13.0. The Morgan fingerprint density at radius 1 is 1.22 bits per heavy atom. The van der Waals surface area contributed by atoms with Crippen molar-refractivity contribution < 1.29 is 13.2 Å². The van der Waals surface area contributed by atoms with Crippen LogP contribution in [0.15, 0.2) is 41.6 Å². The van der Waals surface area contributed by atoms with E-state index in [4.69, 9.17) is 17.0 Å². The zero-order valence-corrected chi connectivity index (χ0v) is 16.5. The average molecular weight is 408 g/mol. The Morgan fingerprint density at radius 2 is 1.93 bits per heavy atom. The van der Waals surface area contributed by atoms with Crippen molar-refractivity contribution in [3.8, 4) is 5.88 Å².